The Morgan fingerprint density at radius 2 is 1.80 bits per heavy atom. The summed E-state index contributed by atoms with van der Waals surface area (Å²) < 4.78 is 6.50. The number of anilines is 1. The van der Waals surface area contributed by atoms with Crippen molar-refractivity contribution in [2.75, 3.05) is 11.1 Å². The minimum atomic E-state index is -0.334. The van der Waals surface area contributed by atoms with E-state index in [1.165, 1.54) is 11.8 Å². The predicted octanol–water partition coefficient (Wildman–Crippen LogP) is 3.42. The summed E-state index contributed by atoms with van der Waals surface area (Å²) in [5.41, 5.74) is 3.08. The largest absolute Gasteiger partial charge is 0.328 e. The molecule has 0 atom stereocenters. The molecule has 1 N–H and O–H groups in total. The summed E-state index contributed by atoms with van der Waals surface area (Å²) in [6.45, 7) is 5.56. The van der Waals surface area contributed by atoms with Gasteiger partial charge in [0, 0.05) is 0 Å². The molecule has 0 spiro atoms. The molecule has 0 saturated heterocycles. The van der Waals surface area contributed by atoms with E-state index in [0.717, 1.165) is 16.8 Å². The molecule has 152 valence electrons. The molecule has 30 heavy (non-hydrogen) atoms. The van der Waals surface area contributed by atoms with Gasteiger partial charge in [-0.15, -0.1) is 0 Å². The lowest BCUT2D eigenvalue weighted by Crippen LogP contribution is -2.24. The Labute approximate surface area is 176 Å². The van der Waals surface area contributed by atoms with E-state index in [9.17, 15) is 9.59 Å². The number of rotatable bonds is 5. The number of amides is 1. The third-order valence-corrected chi connectivity index (χ3v) is 5.45. The van der Waals surface area contributed by atoms with Crippen molar-refractivity contribution in [3.8, 4) is 5.69 Å². The Kier molecular flexibility index (Phi) is 5.37. The first-order valence-electron chi connectivity index (χ1n) is 9.25. The van der Waals surface area contributed by atoms with Gasteiger partial charge in [0.15, 0.2) is 11.0 Å². The third-order valence-electron chi connectivity index (χ3n) is 4.51. The SMILES string of the molecule is Cc1noc(NC(=O)CSc2nc3ccccc3c(=O)n2-c2c(C)cccc2C)n1. The molecule has 4 aromatic rings. The van der Waals surface area contributed by atoms with Gasteiger partial charge in [0.2, 0.25) is 5.91 Å². The summed E-state index contributed by atoms with van der Waals surface area (Å²) in [6.07, 6.45) is 0. The summed E-state index contributed by atoms with van der Waals surface area (Å²) in [7, 11) is 0. The lowest BCUT2D eigenvalue weighted by atomic mass is 10.1. The molecule has 0 radical (unpaired) electrons. The molecular formula is C21H19N5O3S. The molecule has 2 aromatic carbocycles. The van der Waals surface area contributed by atoms with Crippen LogP contribution in [0.3, 0.4) is 0 Å². The van der Waals surface area contributed by atoms with Gasteiger partial charge in [-0.1, -0.05) is 47.3 Å². The van der Waals surface area contributed by atoms with Crippen LogP contribution in [0.15, 0.2) is 56.9 Å². The van der Waals surface area contributed by atoms with Crippen molar-refractivity contribution < 1.29 is 9.32 Å². The van der Waals surface area contributed by atoms with Gasteiger partial charge in [0.05, 0.1) is 22.3 Å². The second-order valence-electron chi connectivity index (χ2n) is 6.78. The number of hydrogen-bond acceptors (Lipinski definition) is 7. The number of aryl methyl sites for hydroxylation is 3. The van der Waals surface area contributed by atoms with Crippen LogP contribution >= 0.6 is 11.8 Å². The Balaban J connectivity index is 1.74. The predicted molar refractivity (Wildman–Crippen MR) is 115 cm³/mol. The zero-order chi connectivity index (χ0) is 21.3. The van der Waals surface area contributed by atoms with Crippen LogP contribution in [0.4, 0.5) is 6.01 Å². The summed E-state index contributed by atoms with van der Waals surface area (Å²) >= 11 is 1.17. The number of hydrogen-bond donors (Lipinski definition) is 1. The highest BCUT2D eigenvalue weighted by atomic mass is 32.2. The number of thioether (sulfide) groups is 1. The average Bonchev–Trinajstić information content (AvgIpc) is 3.12. The number of para-hydroxylation sites is 2. The Bertz CT molecular complexity index is 1290. The van der Waals surface area contributed by atoms with Crippen LogP contribution in [0, 0.1) is 20.8 Å². The number of fused-ring (bicyclic) bond motifs is 1. The second kappa shape index (κ2) is 8.11. The lowest BCUT2D eigenvalue weighted by Gasteiger charge is -2.17. The molecule has 1 amide bonds. The van der Waals surface area contributed by atoms with Gasteiger partial charge in [0.25, 0.3) is 5.56 Å². The minimum Gasteiger partial charge on any atom is -0.315 e. The molecular weight excluding hydrogens is 402 g/mol. The molecule has 2 aromatic heterocycles. The zero-order valence-electron chi connectivity index (χ0n) is 16.7. The fraction of sp³-hybridized carbons (Fsp3) is 0.190. The highest BCUT2D eigenvalue weighted by Gasteiger charge is 2.18. The highest BCUT2D eigenvalue weighted by Crippen LogP contribution is 2.25. The molecule has 0 aliphatic rings. The number of nitrogens with zero attached hydrogens (tertiary/aromatic N) is 4. The van der Waals surface area contributed by atoms with Crippen molar-refractivity contribution >= 4 is 34.6 Å². The van der Waals surface area contributed by atoms with Crippen molar-refractivity contribution in [2.24, 2.45) is 0 Å². The Morgan fingerprint density at radius 1 is 1.07 bits per heavy atom. The van der Waals surface area contributed by atoms with Gasteiger partial charge < -0.3 is 4.52 Å². The maximum atomic E-state index is 13.4. The third kappa shape index (κ3) is 3.84. The average molecular weight is 421 g/mol. The Hall–Kier alpha value is -3.46. The Morgan fingerprint density at radius 3 is 2.50 bits per heavy atom. The van der Waals surface area contributed by atoms with Crippen molar-refractivity contribution in [2.45, 2.75) is 25.9 Å². The van der Waals surface area contributed by atoms with Crippen LogP contribution < -0.4 is 10.9 Å². The van der Waals surface area contributed by atoms with Gasteiger partial charge in [-0.3, -0.25) is 19.5 Å². The molecule has 9 heteroatoms. The fourth-order valence-corrected chi connectivity index (χ4v) is 4.00. The van der Waals surface area contributed by atoms with Crippen LogP contribution in [-0.4, -0.2) is 31.4 Å². The summed E-state index contributed by atoms with van der Waals surface area (Å²) in [4.78, 5) is 34.4. The van der Waals surface area contributed by atoms with E-state index in [1.807, 2.05) is 44.2 Å². The van der Waals surface area contributed by atoms with Gasteiger partial charge in [-0.05, 0) is 44.0 Å². The standard InChI is InChI=1S/C21H19N5O3S/c1-12-7-6-8-13(2)18(12)26-19(28)15-9-4-5-10-16(15)23-21(26)30-11-17(27)24-20-22-14(3)25-29-20/h4-10H,11H2,1-3H3,(H,22,24,25,27). The molecule has 0 aliphatic heterocycles. The quantitative estimate of drug-likeness (QED) is 0.389. The monoisotopic (exact) mass is 421 g/mol. The number of aromatic nitrogens is 4. The number of carbonyl (C=O) groups is 1. The van der Waals surface area contributed by atoms with E-state index in [2.05, 4.69) is 20.4 Å². The van der Waals surface area contributed by atoms with Crippen molar-refractivity contribution in [3.63, 3.8) is 0 Å². The fourth-order valence-electron chi connectivity index (χ4n) is 3.20. The second-order valence-corrected chi connectivity index (χ2v) is 7.72. The molecule has 0 unspecified atom stereocenters. The van der Waals surface area contributed by atoms with Crippen molar-refractivity contribution in [3.05, 3.63) is 69.8 Å². The van der Waals surface area contributed by atoms with E-state index in [0.29, 0.717) is 21.9 Å². The summed E-state index contributed by atoms with van der Waals surface area (Å²) in [5, 5.41) is 7.15. The molecule has 2 heterocycles. The van der Waals surface area contributed by atoms with Crippen LogP contribution in [0.25, 0.3) is 16.6 Å². The summed E-state index contributed by atoms with van der Waals surface area (Å²) in [6, 6.07) is 13.1. The molecule has 0 aliphatic carbocycles. The molecule has 0 fully saturated rings. The van der Waals surface area contributed by atoms with Crippen molar-refractivity contribution in [1.82, 2.24) is 19.7 Å². The number of carbonyl (C=O) groups excluding carboxylic acids is 1. The van der Waals surface area contributed by atoms with Crippen LogP contribution in [0.5, 0.6) is 0 Å². The summed E-state index contributed by atoms with van der Waals surface area (Å²) in [5.74, 6) is 0.120. The molecule has 4 rings (SSSR count). The smallest absolute Gasteiger partial charge is 0.315 e. The normalized spacial score (nSPS) is 11.0. The van der Waals surface area contributed by atoms with E-state index < -0.39 is 0 Å². The first-order chi connectivity index (χ1) is 14.4. The molecule has 0 saturated carbocycles. The van der Waals surface area contributed by atoms with Crippen molar-refractivity contribution in [1.29, 1.82) is 0 Å². The highest BCUT2D eigenvalue weighted by molar-refractivity contribution is 7.99. The number of nitrogens with one attached hydrogen (secondary N) is 1. The number of benzene rings is 2. The van der Waals surface area contributed by atoms with Gasteiger partial charge in [0.1, 0.15) is 0 Å². The van der Waals surface area contributed by atoms with Gasteiger partial charge >= 0.3 is 6.01 Å². The first-order valence-corrected chi connectivity index (χ1v) is 10.2. The maximum absolute atomic E-state index is 13.4. The molecule has 0 bridgehead atoms. The topological polar surface area (TPSA) is 103 Å². The zero-order valence-corrected chi connectivity index (χ0v) is 17.5. The van der Waals surface area contributed by atoms with E-state index in [4.69, 9.17) is 4.52 Å². The van der Waals surface area contributed by atoms with Crippen LogP contribution in [-0.2, 0) is 4.79 Å². The van der Waals surface area contributed by atoms with E-state index in [1.54, 1.807) is 23.6 Å². The maximum Gasteiger partial charge on any atom is 0.328 e. The van der Waals surface area contributed by atoms with Crippen LogP contribution in [0.2, 0.25) is 0 Å². The molecule has 8 nitrogen and oxygen atoms in total. The van der Waals surface area contributed by atoms with E-state index >= 15 is 0 Å². The van der Waals surface area contributed by atoms with E-state index in [-0.39, 0.29) is 23.2 Å². The lowest BCUT2D eigenvalue weighted by molar-refractivity contribution is -0.114. The minimum absolute atomic E-state index is 0.0249. The van der Waals surface area contributed by atoms with Gasteiger partial charge in [-0.2, -0.15) is 4.98 Å². The first kappa shape index (κ1) is 19.8. The van der Waals surface area contributed by atoms with Gasteiger partial charge in [-0.25, -0.2) is 4.98 Å². The van der Waals surface area contributed by atoms with Crippen LogP contribution in [0.1, 0.15) is 17.0 Å².